The van der Waals surface area contributed by atoms with Crippen molar-refractivity contribution < 1.29 is 0 Å². The lowest BCUT2D eigenvalue weighted by Crippen LogP contribution is -2.57. The highest BCUT2D eigenvalue weighted by Gasteiger charge is 2.28. The first-order valence-corrected chi connectivity index (χ1v) is 6.69. The summed E-state index contributed by atoms with van der Waals surface area (Å²) in [5.74, 6) is 0. The minimum atomic E-state index is 0.122. The van der Waals surface area contributed by atoms with Gasteiger partial charge in [0, 0.05) is 51.0 Å². The molecule has 18 heavy (non-hydrogen) atoms. The first kappa shape index (κ1) is 13.5. The molecule has 0 amide bonds. The minimum absolute atomic E-state index is 0.122. The SMILES string of the molecule is CC(C)(CN)N1CCN(Cc2ccccn2)CC1. The van der Waals surface area contributed by atoms with Crippen molar-refractivity contribution in [3.05, 3.63) is 30.1 Å². The lowest BCUT2D eigenvalue weighted by molar-refractivity contribution is 0.0533. The van der Waals surface area contributed by atoms with Crippen LogP contribution in [0.5, 0.6) is 0 Å². The summed E-state index contributed by atoms with van der Waals surface area (Å²) in [4.78, 5) is 9.33. The average molecular weight is 248 g/mol. The molecule has 100 valence electrons. The van der Waals surface area contributed by atoms with Crippen molar-refractivity contribution >= 4 is 0 Å². The number of aromatic nitrogens is 1. The van der Waals surface area contributed by atoms with E-state index in [2.05, 4.69) is 40.8 Å². The smallest absolute Gasteiger partial charge is 0.0543 e. The zero-order valence-corrected chi connectivity index (χ0v) is 11.5. The van der Waals surface area contributed by atoms with Gasteiger partial charge in [0.1, 0.15) is 0 Å². The summed E-state index contributed by atoms with van der Waals surface area (Å²) in [7, 11) is 0. The van der Waals surface area contributed by atoms with Gasteiger partial charge in [-0.1, -0.05) is 6.07 Å². The number of rotatable bonds is 4. The zero-order valence-electron chi connectivity index (χ0n) is 11.5. The van der Waals surface area contributed by atoms with E-state index in [1.807, 2.05) is 12.3 Å². The number of nitrogens with two attached hydrogens (primary N) is 1. The molecule has 1 fully saturated rings. The van der Waals surface area contributed by atoms with Crippen molar-refractivity contribution in [3.63, 3.8) is 0 Å². The maximum atomic E-state index is 5.83. The third kappa shape index (κ3) is 3.28. The monoisotopic (exact) mass is 248 g/mol. The molecule has 0 saturated carbocycles. The number of hydrogen-bond acceptors (Lipinski definition) is 4. The number of hydrogen-bond donors (Lipinski definition) is 1. The molecule has 1 aromatic heterocycles. The third-order valence-electron chi connectivity index (χ3n) is 3.84. The van der Waals surface area contributed by atoms with Crippen molar-refractivity contribution in [2.24, 2.45) is 5.73 Å². The highest BCUT2D eigenvalue weighted by atomic mass is 15.3. The van der Waals surface area contributed by atoms with Gasteiger partial charge in [-0.05, 0) is 26.0 Å². The van der Waals surface area contributed by atoms with Crippen LogP contribution < -0.4 is 5.73 Å². The van der Waals surface area contributed by atoms with Crippen molar-refractivity contribution in [2.75, 3.05) is 32.7 Å². The van der Waals surface area contributed by atoms with E-state index in [1.54, 1.807) is 0 Å². The Morgan fingerprint density at radius 3 is 2.50 bits per heavy atom. The first-order chi connectivity index (χ1) is 8.62. The summed E-state index contributed by atoms with van der Waals surface area (Å²) in [6, 6.07) is 6.11. The normalized spacial score (nSPS) is 19.1. The molecule has 0 bridgehead atoms. The Hall–Kier alpha value is -0.970. The van der Waals surface area contributed by atoms with Gasteiger partial charge in [0.2, 0.25) is 0 Å². The highest BCUT2D eigenvalue weighted by Crippen LogP contribution is 2.16. The number of piperazine rings is 1. The Morgan fingerprint density at radius 1 is 1.22 bits per heavy atom. The van der Waals surface area contributed by atoms with E-state index >= 15 is 0 Å². The van der Waals surface area contributed by atoms with Gasteiger partial charge in [-0.3, -0.25) is 14.8 Å². The summed E-state index contributed by atoms with van der Waals surface area (Å²) >= 11 is 0. The van der Waals surface area contributed by atoms with Crippen molar-refractivity contribution in [3.8, 4) is 0 Å². The number of nitrogens with zero attached hydrogens (tertiary/aromatic N) is 3. The summed E-state index contributed by atoms with van der Waals surface area (Å²) in [5.41, 5.74) is 7.11. The van der Waals surface area contributed by atoms with E-state index < -0.39 is 0 Å². The van der Waals surface area contributed by atoms with Crippen LogP contribution >= 0.6 is 0 Å². The molecular formula is C14H24N4. The maximum Gasteiger partial charge on any atom is 0.0543 e. The standard InChI is InChI=1S/C14H24N4/c1-14(2,12-15)18-9-7-17(8-10-18)11-13-5-3-4-6-16-13/h3-6H,7-12,15H2,1-2H3. The largest absolute Gasteiger partial charge is 0.329 e. The minimum Gasteiger partial charge on any atom is -0.329 e. The van der Waals surface area contributed by atoms with Crippen molar-refractivity contribution in [1.82, 2.24) is 14.8 Å². The average Bonchev–Trinajstić information content (AvgIpc) is 2.40. The summed E-state index contributed by atoms with van der Waals surface area (Å²) < 4.78 is 0. The molecule has 2 heterocycles. The van der Waals surface area contributed by atoms with Crippen LogP contribution in [-0.2, 0) is 6.54 Å². The molecule has 2 N–H and O–H groups in total. The summed E-state index contributed by atoms with van der Waals surface area (Å²) in [6.45, 7) is 10.5. The van der Waals surface area contributed by atoms with Gasteiger partial charge in [0.15, 0.2) is 0 Å². The predicted octanol–water partition coefficient (Wildman–Crippen LogP) is 0.936. The molecular weight excluding hydrogens is 224 g/mol. The molecule has 4 heteroatoms. The molecule has 1 aromatic rings. The molecule has 2 rings (SSSR count). The van der Waals surface area contributed by atoms with Crippen LogP contribution in [0.1, 0.15) is 19.5 Å². The molecule has 0 aromatic carbocycles. The Labute approximate surface area is 110 Å². The van der Waals surface area contributed by atoms with Crippen LogP contribution in [0.4, 0.5) is 0 Å². The molecule has 1 aliphatic heterocycles. The van der Waals surface area contributed by atoms with Gasteiger partial charge in [-0.25, -0.2) is 0 Å². The molecule has 0 spiro atoms. The van der Waals surface area contributed by atoms with Crippen molar-refractivity contribution in [2.45, 2.75) is 25.9 Å². The molecule has 0 radical (unpaired) electrons. The fourth-order valence-electron chi connectivity index (χ4n) is 2.36. The molecule has 4 nitrogen and oxygen atoms in total. The van der Waals surface area contributed by atoms with Crippen molar-refractivity contribution in [1.29, 1.82) is 0 Å². The van der Waals surface area contributed by atoms with E-state index in [1.165, 1.54) is 0 Å². The summed E-state index contributed by atoms with van der Waals surface area (Å²) in [6.07, 6.45) is 1.86. The van der Waals surface area contributed by atoms with Crippen LogP contribution in [0, 0.1) is 0 Å². The van der Waals surface area contributed by atoms with E-state index in [0.717, 1.165) is 38.4 Å². The van der Waals surface area contributed by atoms with Crippen LogP contribution in [0.3, 0.4) is 0 Å². The number of pyridine rings is 1. The summed E-state index contributed by atoms with van der Waals surface area (Å²) in [5, 5.41) is 0. The molecule has 1 saturated heterocycles. The van der Waals surface area contributed by atoms with Gasteiger partial charge in [-0.15, -0.1) is 0 Å². The molecule has 1 aliphatic rings. The molecule has 0 aliphatic carbocycles. The van der Waals surface area contributed by atoms with Gasteiger partial charge in [-0.2, -0.15) is 0 Å². The Balaban J connectivity index is 1.84. The second-order valence-electron chi connectivity index (χ2n) is 5.60. The van der Waals surface area contributed by atoms with E-state index in [-0.39, 0.29) is 5.54 Å². The fraction of sp³-hybridized carbons (Fsp3) is 0.643. The fourth-order valence-corrected chi connectivity index (χ4v) is 2.36. The lowest BCUT2D eigenvalue weighted by Gasteiger charge is -2.43. The Bertz CT molecular complexity index is 355. The van der Waals surface area contributed by atoms with Crippen LogP contribution in [-0.4, -0.2) is 53.0 Å². The highest BCUT2D eigenvalue weighted by molar-refractivity contribution is 5.03. The lowest BCUT2D eigenvalue weighted by atomic mass is 10.0. The predicted molar refractivity (Wildman–Crippen MR) is 74.2 cm³/mol. The zero-order chi connectivity index (χ0) is 13.0. The van der Waals surface area contributed by atoms with Gasteiger partial charge in [0.05, 0.1) is 5.69 Å². The maximum absolute atomic E-state index is 5.83. The molecule has 0 atom stereocenters. The Morgan fingerprint density at radius 2 is 1.94 bits per heavy atom. The van der Waals surface area contributed by atoms with Gasteiger partial charge >= 0.3 is 0 Å². The van der Waals surface area contributed by atoms with E-state index in [9.17, 15) is 0 Å². The molecule has 0 unspecified atom stereocenters. The third-order valence-corrected chi connectivity index (χ3v) is 3.84. The topological polar surface area (TPSA) is 45.4 Å². The van der Waals surface area contributed by atoms with E-state index in [0.29, 0.717) is 6.54 Å². The second kappa shape index (κ2) is 5.78. The van der Waals surface area contributed by atoms with Crippen LogP contribution in [0.25, 0.3) is 0 Å². The second-order valence-corrected chi connectivity index (χ2v) is 5.60. The van der Waals surface area contributed by atoms with Gasteiger partial charge < -0.3 is 5.73 Å². The van der Waals surface area contributed by atoms with E-state index in [4.69, 9.17) is 5.73 Å². The van der Waals surface area contributed by atoms with Crippen LogP contribution in [0.2, 0.25) is 0 Å². The van der Waals surface area contributed by atoms with Crippen LogP contribution in [0.15, 0.2) is 24.4 Å². The first-order valence-electron chi connectivity index (χ1n) is 6.69. The quantitative estimate of drug-likeness (QED) is 0.861. The van der Waals surface area contributed by atoms with Gasteiger partial charge in [0.25, 0.3) is 0 Å². The Kier molecular flexibility index (Phi) is 4.32.